The van der Waals surface area contributed by atoms with Crippen LogP contribution in [0, 0.1) is 0 Å². The van der Waals surface area contributed by atoms with Crippen LogP contribution in [-0.4, -0.2) is 23.8 Å². The minimum absolute atomic E-state index is 0.139. The molecule has 0 saturated heterocycles. The molecule has 0 saturated carbocycles. The van der Waals surface area contributed by atoms with Crippen molar-refractivity contribution in [1.29, 1.82) is 0 Å². The van der Waals surface area contributed by atoms with Crippen molar-refractivity contribution in [2.45, 2.75) is 31.2 Å². The van der Waals surface area contributed by atoms with Crippen molar-refractivity contribution in [3.05, 3.63) is 52.8 Å². The van der Waals surface area contributed by atoms with Crippen LogP contribution in [0.3, 0.4) is 0 Å². The molecule has 2 aromatic carbocycles. The zero-order chi connectivity index (χ0) is 18.5. The van der Waals surface area contributed by atoms with Crippen molar-refractivity contribution in [3.8, 4) is 5.75 Å². The normalized spacial score (nSPS) is 11.9. The first kappa shape index (κ1) is 18.7. The summed E-state index contributed by atoms with van der Waals surface area (Å²) < 4.78 is 8.53. The molecule has 0 aliphatic carbocycles. The first-order chi connectivity index (χ1) is 12.6. The predicted octanol–water partition coefficient (Wildman–Crippen LogP) is 4.51. The molecule has 136 valence electrons. The van der Waals surface area contributed by atoms with E-state index >= 15 is 0 Å². The molecule has 1 aromatic heterocycles. The summed E-state index contributed by atoms with van der Waals surface area (Å²) in [4.78, 5) is 18.9. The maximum Gasteiger partial charge on any atom is 0.252 e. The van der Waals surface area contributed by atoms with E-state index in [9.17, 15) is 4.79 Å². The summed E-state index contributed by atoms with van der Waals surface area (Å²) in [5.74, 6) is 0.613. The first-order valence-corrected chi connectivity index (χ1v) is 10.6. The van der Waals surface area contributed by atoms with E-state index in [1.165, 1.54) is 9.60 Å². The Kier molecular flexibility index (Phi) is 6.16. The number of methoxy groups -OCH3 is 1. The van der Waals surface area contributed by atoms with E-state index in [0.717, 1.165) is 34.6 Å². The van der Waals surface area contributed by atoms with E-state index in [-0.39, 0.29) is 12.3 Å². The van der Waals surface area contributed by atoms with Gasteiger partial charge in [0, 0.05) is 11.4 Å². The van der Waals surface area contributed by atoms with E-state index in [1.54, 1.807) is 30.2 Å². The molecular formula is C20H22N2O2S2. The molecule has 0 aliphatic rings. The second-order valence-electron chi connectivity index (χ2n) is 5.90. The fraction of sp³-hybridized carbons (Fsp3) is 0.300. The molecule has 1 heterocycles. The van der Waals surface area contributed by atoms with Crippen LogP contribution < -0.4 is 9.54 Å². The fourth-order valence-electron chi connectivity index (χ4n) is 2.81. The smallest absolute Gasteiger partial charge is 0.252 e. The number of carbonyl (C=O) groups excluding carboxylic acids is 1. The summed E-state index contributed by atoms with van der Waals surface area (Å²) >= 11 is 3.30. The van der Waals surface area contributed by atoms with Crippen LogP contribution >= 0.6 is 23.1 Å². The molecule has 0 unspecified atom stereocenters. The Bertz CT molecular complexity index is 989. The third kappa shape index (κ3) is 4.19. The number of amides is 1. The van der Waals surface area contributed by atoms with Gasteiger partial charge in [-0.25, -0.2) is 0 Å². The van der Waals surface area contributed by atoms with Crippen LogP contribution in [0.5, 0.6) is 5.75 Å². The predicted molar refractivity (Wildman–Crippen MR) is 109 cm³/mol. The highest BCUT2D eigenvalue weighted by atomic mass is 32.2. The number of thioether (sulfide) groups is 1. The number of aryl methyl sites for hydroxylation is 1. The molecule has 6 heteroatoms. The Morgan fingerprint density at radius 2 is 2.12 bits per heavy atom. The Hall–Kier alpha value is -2.05. The number of hydrogen-bond donors (Lipinski definition) is 0. The number of aromatic nitrogens is 1. The van der Waals surface area contributed by atoms with Gasteiger partial charge in [-0.2, -0.15) is 4.99 Å². The van der Waals surface area contributed by atoms with Gasteiger partial charge in [0.1, 0.15) is 5.75 Å². The molecule has 0 N–H and O–H groups in total. The number of benzene rings is 2. The van der Waals surface area contributed by atoms with Crippen LogP contribution in [0.2, 0.25) is 0 Å². The van der Waals surface area contributed by atoms with Gasteiger partial charge in [-0.05, 0) is 48.6 Å². The molecule has 0 atom stereocenters. The molecule has 3 aromatic rings. The van der Waals surface area contributed by atoms with Crippen LogP contribution in [0.25, 0.3) is 10.2 Å². The quantitative estimate of drug-likeness (QED) is 0.585. The highest BCUT2D eigenvalue weighted by molar-refractivity contribution is 7.98. The lowest BCUT2D eigenvalue weighted by atomic mass is 10.1. The van der Waals surface area contributed by atoms with E-state index in [2.05, 4.69) is 40.9 Å². The monoisotopic (exact) mass is 386 g/mol. The van der Waals surface area contributed by atoms with Crippen molar-refractivity contribution in [3.63, 3.8) is 0 Å². The summed E-state index contributed by atoms with van der Waals surface area (Å²) in [6.07, 6.45) is 3.33. The van der Waals surface area contributed by atoms with Crippen molar-refractivity contribution < 1.29 is 9.53 Å². The zero-order valence-electron chi connectivity index (χ0n) is 15.2. The van der Waals surface area contributed by atoms with Crippen LogP contribution in [0.15, 0.2) is 52.4 Å². The molecule has 3 rings (SSSR count). The molecule has 26 heavy (non-hydrogen) atoms. The lowest BCUT2D eigenvalue weighted by Gasteiger charge is -2.04. The van der Waals surface area contributed by atoms with Gasteiger partial charge in [-0.15, -0.1) is 11.8 Å². The largest absolute Gasteiger partial charge is 0.497 e. The van der Waals surface area contributed by atoms with E-state index in [4.69, 9.17) is 4.74 Å². The summed E-state index contributed by atoms with van der Waals surface area (Å²) in [6.45, 7) is 2.98. The van der Waals surface area contributed by atoms with Crippen LogP contribution in [-0.2, 0) is 17.8 Å². The van der Waals surface area contributed by atoms with E-state index in [1.807, 2.05) is 24.3 Å². The minimum atomic E-state index is -0.139. The van der Waals surface area contributed by atoms with Gasteiger partial charge in [0.25, 0.3) is 5.91 Å². The third-order valence-corrected chi connectivity index (χ3v) is 5.81. The van der Waals surface area contributed by atoms with Crippen LogP contribution in [0.1, 0.15) is 18.9 Å². The molecule has 0 spiro atoms. The van der Waals surface area contributed by atoms with Gasteiger partial charge in [-0.1, -0.05) is 30.4 Å². The summed E-state index contributed by atoms with van der Waals surface area (Å²) in [7, 11) is 1.62. The minimum Gasteiger partial charge on any atom is -0.497 e. The van der Waals surface area contributed by atoms with Gasteiger partial charge in [-0.3, -0.25) is 4.79 Å². The number of rotatable bonds is 6. The van der Waals surface area contributed by atoms with Gasteiger partial charge in [0.2, 0.25) is 0 Å². The highest BCUT2D eigenvalue weighted by Gasteiger charge is 2.09. The Labute approximate surface area is 161 Å². The summed E-state index contributed by atoms with van der Waals surface area (Å²) in [6, 6.07) is 14.0. The number of ether oxygens (including phenoxy) is 1. The van der Waals surface area contributed by atoms with Gasteiger partial charge >= 0.3 is 0 Å². The second kappa shape index (κ2) is 8.56. The van der Waals surface area contributed by atoms with E-state index < -0.39 is 0 Å². The molecule has 0 radical (unpaired) electrons. The number of thiazole rings is 1. The standard InChI is InChI=1S/C20H22N2O2S2/c1-4-10-22-17-9-8-16(25-3)13-18(17)26-20(22)21-19(23)12-14-6-5-7-15(11-14)24-2/h5-9,11,13H,4,10,12H2,1-3H3. The molecule has 0 bridgehead atoms. The Morgan fingerprint density at radius 3 is 2.85 bits per heavy atom. The SMILES string of the molecule is CCCn1c(=NC(=O)Cc2cccc(OC)c2)sc2cc(SC)ccc21. The highest BCUT2D eigenvalue weighted by Crippen LogP contribution is 2.24. The van der Waals surface area contributed by atoms with Gasteiger partial charge in [0.05, 0.1) is 23.7 Å². The second-order valence-corrected chi connectivity index (χ2v) is 7.79. The summed E-state index contributed by atoms with van der Waals surface area (Å²) in [5.41, 5.74) is 2.05. The number of carbonyl (C=O) groups is 1. The molecule has 0 fully saturated rings. The zero-order valence-corrected chi connectivity index (χ0v) is 16.8. The molecule has 4 nitrogen and oxygen atoms in total. The number of hydrogen-bond acceptors (Lipinski definition) is 4. The number of fused-ring (bicyclic) bond motifs is 1. The van der Waals surface area contributed by atoms with Gasteiger partial charge < -0.3 is 9.30 Å². The van der Waals surface area contributed by atoms with Gasteiger partial charge in [0.15, 0.2) is 4.80 Å². The average molecular weight is 387 g/mol. The van der Waals surface area contributed by atoms with Crippen molar-refractivity contribution in [2.75, 3.05) is 13.4 Å². The third-order valence-electron chi connectivity index (χ3n) is 4.05. The fourth-order valence-corrected chi connectivity index (χ4v) is 4.44. The topological polar surface area (TPSA) is 43.6 Å². The molecule has 0 aliphatic heterocycles. The van der Waals surface area contributed by atoms with Crippen molar-refractivity contribution in [2.24, 2.45) is 4.99 Å². The maximum absolute atomic E-state index is 12.5. The number of nitrogens with zero attached hydrogens (tertiary/aromatic N) is 2. The van der Waals surface area contributed by atoms with E-state index in [0.29, 0.717) is 0 Å². The summed E-state index contributed by atoms with van der Waals surface area (Å²) in [5, 5.41) is 0. The first-order valence-electron chi connectivity index (χ1n) is 8.52. The van der Waals surface area contributed by atoms with Crippen molar-refractivity contribution in [1.82, 2.24) is 4.57 Å². The molecular weight excluding hydrogens is 364 g/mol. The Morgan fingerprint density at radius 1 is 1.27 bits per heavy atom. The Balaban J connectivity index is 1.96. The lowest BCUT2D eigenvalue weighted by Crippen LogP contribution is -2.17. The lowest BCUT2D eigenvalue weighted by molar-refractivity contribution is -0.117. The maximum atomic E-state index is 12.5. The van der Waals surface area contributed by atoms with Crippen molar-refractivity contribution >= 4 is 39.2 Å². The van der Waals surface area contributed by atoms with Crippen LogP contribution in [0.4, 0.5) is 0 Å². The average Bonchev–Trinajstić information content (AvgIpc) is 2.98. The molecule has 1 amide bonds.